The number of nitrogens with one attached hydrogen (secondary N) is 1. The molecule has 4 aromatic rings. The Morgan fingerprint density at radius 3 is 2.52 bits per heavy atom. The van der Waals surface area contributed by atoms with Crippen LogP contribution in [-0.2, 0) is 18.5 Å². The van der Waals surface area contributed by atoms with Crippen molar-refractivity contribution in [3.63, 3.8) is 0 Å². The molecule has 0 saturated carbocycles. The first-order chi connectivity index (χ1) is 15.8. The first-order valence-electron chi connectivity index (χ1n) is 10.2. The number of amides is 1. The van der Waals surface area contributed by atoms with Crippen molar-refractivity contribution in [2.45, 2.75) is 23.4 Å². The van der Waals surface area contributed by atoms with Crippen molar-refractivity contribution in [1.29, 1.82) is 0 Å². The Hall–Kier alpha value is -3.26. The molecule has 0 fully saturated rings. The molecule has 0 atom stereocenters. The maximum Gasteiger partial charge on any atom is 0.416 e. The van der Waals surface area contributed by atoms with Gasteiger partial charge in [-0.2, -0.15) is 13.2 Å². The van der Waals surface area contributed by atoms with E-state index in [0.29, 0.717) is 24.4 Å². The Labute approximate surface area is 192 Å². The zero-order valence-electron chi connectivity index (χ0n) is 17.4. The molecular formula is C25H20F4N2OS. The van der Waals surface area contributed by atoms with Gasteiger partial charge in [-0.15, -0.1) is 11.8 Å². The molecule has 0 radical (unpaired) electrons. The Kier molecular flexibility index (Phi) is 6.74. The molecule has 1 aromatic heterocycles. The number of carbonyl (C=O) groups is 1. The average Bonchev–Trinajstić information content (AvgIpc) is 3.15. The summed E-state index contributed by atoms with van der Waals surface area (Å²) in [7, 11) is 0. The third-order valence-corrected chi connectivity index (χ3v) is 6.27. The summed E-state index contributed by atoms with van der Waals surface area (Å²) in [4.78, 5) is 13.2. The third kappa shape index (κ3) is 5.39. The topological polar surface area (TPSA) is 34.0 Å². The molecule has 4 rings (SSSR count). The SMILES string of the molecule is O=C(NCCn1cc(SCc2cccc(C(F)(F)F)c2)c2ccccc21)c1ccccc1F. The minimum Gasteiger partial charge on any atom is -0.350 e. The van der Waals surface area contributed by atoms with Crippen LogP contribution in [0.3, 0.4) is 0 Å². The molecule has 0 aliphatic heterocycles. The summed E-state index contributed by atoms with van der Waals surface area (Å²) in [6, 6.07) is 18.8. The third-order valence-electron chi connectivity index (χ3n) is 5.16. The zero-order chi connectivity index (χ0) is 23.4. The van der Waals surface area contributed by atoms with Crippen LogP contribution in [0, 0.1) is 5.82 Å². The van der Waals surface area contributed by atoms with Gasteiger partial charge in [0.05, 0.1) is 11.1 Å². The summed E-state index contributed by atoms with van der Waals surface area (Å²) < 4.78 is 54.7. The molecule has 33 heavy (non-hydrogen) atoms. The van der Waals surface area contributed by atoms with Gasteiger partial charge in [0.25, 0.3) is 5.91 Å². The lowest BCUT2D eigenvalue weighted by atomic mass is 10.1. The predicted molar refractivity (Wildman–Crippen MR) is 122 cm³/mol. The molecule has 1 amide bonds. The standard InChI is InChI=1S/C25H20F4N2OS/c26-21-10-3-1-8-19(21)24(32)30-12-13-31-15-23(20-9-2-4-11-22(20)31)33-16-17-6-5-7-18(14-17)25(27,28)29/h1-11,14-15H,12-13,16H2,(H,30,32). The average molecular weight is 473 g/mol. The molecular weight excluding hydrogens is 452 g/mol. The number of halogens is 4. The summed E-state index contributed by atoms with van der Waals surface area (Å²) in [6.45, 7) is 0.758. The fourth-order valence-electron chi connectivity index (χ4n) is 3.54. The van der Waals surface area contributed by atoms with Crippen molar-refractivity contribution in [2.24, 2.45) is 0 Å². The van der Waals surface area contributed by atoms with Gasteiger partial charge in [0.2, 0.25) is 0 Å². The van der Waals surface area contributed by atoms with E-state index in [1.807, 2.05) is 35.0 Å². The maximum absolute atomic E-state index is 13.8. The van der Waals surface area contributed by atoms with Crippen molar-refractivity contribution in [1.82, 2.24) is 9.88 Å². The number of rotatable bonds is 7. The van der Waals surface area contributed by atoms with Crippen LogP contribution in [0.4, 0.5) is 17.6 Å². The van der Waals surface area contributed by atoms with Gasteiger partial charge in [-0.25, -0.2) is 4.39 Å². The summed E-state index contributed by atoms with van der Waals surface area (Å²) >= 11 is 1.46. The van der Waals surface area contributed by atoms with Gasteiger partial charge < -0.3 is 9.88 Å². The summed E-state index contributed by atoms with van der Waals surface area (Å²) in [5.74, 6) is -0.666. The molecule has 3 nitrogen and oxygen atoms in total. The Morgan fingerprint density at radius 2 is 1.73 bits per heavy atom. The highest BCUT2D eigenvalue weighted by atomic mass is 32.2. The highest BCUT2D eigenvalue weighted by molar-refractivity contribution is 7.98. The lowest BCUT2D eigenvalue weighted by Gasteiger charge is -2.08. The quantitative estimate of drug-likeness (QED) is 0.245. The number of para-hydroxylation sites is 1. The van der Waals surface area contributed by atoms with Crippen LogP contribution in [0.2, 0.25) is 0 Å². The van der Waals surface area contributed by atoms with E-state index in [2.05, 4.69) is 5.32 Å². The van der Waals surface area contributed by atoms with Crippen LogP contribution in [0.15, 0.2) is 83.9 Å². The second-order valence-electron chi connectivity index (χ2n) is 7.43. The Morgan fingerprint density at radius 1 is 0.970 bits per heavy atom. The van der Waals surface area contributed by atoms with Crippen molar-refractivity contribution >= 4 is 28.6 Å². The van der Waals surface area contributed by atoms with Crippen LogP contribution < -0.4 is 5.32 Å². The maximum atomic E-state index is 13.8. The normalized spacial score (nSPS) is 11.6. The zero-order valence-corrected chi connectivity index (χ0v) is 18.2. The number of hydrogen-bond acceptors (Lipinski definition) is 2. The highest BCUT2D eigenvalue weighted by Crippen LogP contribution is 2.34. The van der Waals surface area contributed by atoms with E-state index in [9.17, 15) is 22.4 Å². The molecule has 0 aliphatic rings. The molecule has 170 valence electrons. The molecule has 0 saturated heterocycles. The molecule has 8 heteroatoms. The number of thioether (sulfide) groups is 1. The summed E-state index contributed by atoms with van der Waals surface area (Å²) in [6.07, 6.45) is -2.44. The molecule has 0 bridgehead atoms. The molecule has 0 unspecified atom stereocenters. The predicted octanol–water partition coefficient (Wildman–Crippen LogP) is 6.52. The number of fused-ring (bicyclic) bond motifs is 1. The fourth-order valence-corrected chi connectivity index (χ4v) is 4.57. The van der Waals surface area contributed by atoms with Crippen molar-refractivity contribution in [3.8, 4) is 0 Å². The second-order valence-corrected chi connectivity index (χ2v) is 8.44. The van der Waals surface area contributed by atoms with Crippen molar-refractivity contribution in [3.05, 3.63) is 102 Å². The number of alkyl halides is 3. The molecule has 1 heterocycles. The van der Waals surface area contributed by atoms with Gasteiger partial charge in [0.15, 0.2) is 0 Å². The monoisotopic (exact) mass is 472 g/mol. The van der Waals surface area contributed by atoms with E-state index in [1.165, 1.54) is 42.1 Å². The van der Waals surface area contributed by atoms with Crippen LogP contribution in [0.1, 0.15) is 21.5 Å². The molecule has 0 spiro atoms. The molecule has 3 aromatic carbocycles. The molecule has 1 N–H and O–H groups in total. The lowest BCUT2D eigenvalue weighted by Crippen LogP contribution is -2.27. The minimum atomic E-state index is -4.37. The van der Waals surface area contributed by atoms with Crippen LogP contribution in [-0.4, -0.2) is 17.0 Å². The van der Waals surface area contributed by atoms with Crippen LogP contribution in [0.25, 0.3) is 10.9 Å². The second kappa shape index (κ2) is 9.70. The van der Waals surface area contributed by atoms with E-state index >= 15 is 0 Å². The van der Waals surface area contributed by atoms with E-state index < -0.39 is 23.5 Å². The van der Waals surface area contributed by atoms with E-state index in [0.717, 1.165) is 21.9 Å². The van der Waals surface area contributed by atoms with E-state index in [1.54, 1.807) is 12.1 Å². The fraction of sp³-hybridized carbons (Fsp3) is 0.160. The number of carbonyl (C=O) groups excluding carboxylic acids is 1. The van der Waals surface area contributed by atoms with Gasteiger partial charge in [0, 0.05) is 40.8 Å². The number of hydrogen-bond donors (Lipinski definition) is 1. The smallest absolute Gasteiger partial charge is 0.350 e. The van der Waals surface area contributed by atoms with Gasteiger partial charge in [-0.05, 0) is 29.8 Å². The Balaban J connectivity index is 1.46. The summed E-state index contributed by atoms with van der Waals surface area (Å²) in [5, 5.41) is 3.71. The first-order valence-corrected chi connectivity index (χ1v) is 11.2. The first kappa shape index (κ1) is 22.9. The molecule has 0 aliphatic carbocycles. The number of benzene rings is 3. The number of nitrogens with zero attached hydrogens (tertiary/aromatic N) is 1. The largest absolute Gasteiger partial charge is 0.416 e. The van der Waals surface area contributed by atoms with Gasteiger partial charge in [-0.3, -0.25) is 4.79 Å². The van der Waals surface area contributed by atoms with Crippen LogP contribution >= 0.6 is 11.8 Å². The van der Waals surface area contributed by atoms with Crippen molar-refractivity contribution in [2.75, 3.05) is 6.54 Å². The van der Waals surface area contributed by atoms with Gasteiger partial charge >= 0.3 is 6.18 Å². The van der Waals surface area contributed by atoms with Crippen molar-refractivity contribution < 1.29 is 22.4 Å². The lowest BCUT2D eigenvalue weighted by molar-refractivity contribution is -0.137. The van der Waals surface area contributed by atoms with E-state index in [-0.39, 0.29) is 5.56 Å². The highest BCUT2D eigenvalue weighted by Gasteiger charge is 2.30. The number of aromatic nitrogens is 1. The van der Waals surface area contributed by atoms with E-state index in [4.69, 9.17) is 0 Å². The van der Waals surface area contributed by atoms with Gasteiger partial charge in [0.1, 0.15) is 5.82 Å². The van der Waals surface area contributed by atoms with Gasteiger partial charge in [-0.1, -0.05) is 48.5 Å². The Bertz CT molecular complexity index is 1280. The minimum absolute atomic E-state index is 0.00723. The van der Waals surface area contributed by atoms with Crippen LogP contribution in [0.5, 0.6) is 0 Å². The summed E-state index contributed by atoms with van der Waals surface area (Å²) in [5.41, 5.74) is 0.869.